The Kier molecular flexibility index (Phi) is 11.1. The van der Waals surface area contributed by atoms with Crippen molar-refractivity contribution in [3.05, 3.63) is 36.4 Å². The number of hydrogen-bond donors (Lipinski definition) is 1. The minimum atomic E-state index is -0.602. The second-order valence-electron chi connectivity index (χ2n) is 7.03. The van der Waals surface area contributed by atoms with Crippen molar-refractivity contribution in [1.82, 2.24) is 10.2 Å². The lowest BCUT2D eigenvalue weighted by molar-refractivity contribution is -0.130. The molecule has 7 nitrogen and oxygen atoms in total. The molecule has 0 aromatic carbocycles. The first-order chi connectivity index (χ1) is 13.7. The molecule has 1 N–H and O–H groups in total. The van der Waals surface area contributed by atoms with Gasteiger partial charge < -0.3 is 24.4 Å². The second-order valence-corrected chi connectivity index (χ2v) is 7.03. The van der Waals surface area contributed by atoms with Gasteiger partial charge in [0.1, 0.15) is 24.3 Å². The van der Waals surface area contributed by atoms with Crippen molar-refractivity contribution in [3.8, 4) is 0 Å². The number of rotatable bonds is 12. The lowest BCUT2D eigenvalue weighted by Crippen LogP contribution is -2.34. The fourth-order valence-corrected chi connectivity index (χ4v) is 2.66. The SMILES string of the molecule is C=C(F)/C=C(/OCCOCCNC(=O)OC1CCN(C(=O)CC)C1)C(=C)C(C)C. The van der Waals surface area contributed by atoms with E-state index in [2.05, 4.69) is 18.5 Å². The van der Waals surface area contributed by atoms with E-state index in [1.165, 1.54) is 6.08 Å². The van der Waals surface area contributed by atoms with Crippen LogP contribution in [0.5, 0.6) is 0 Å². The molecular weight excluding hydrogens is 379 g/mol. The molecule has 8 heteroatoms. The van der Waals surface area contributed by atoms with Crippen molar-refractivity contribution in [1.29, 1.82) is 0 Å². The molecule has 1 rings (SSSR count). The van der Waals surface area contributed by atoms with Crippen LogP contribution < -0.4 is 5.32 Å². The van der Waals surface area contributed by atoms with Gasteiger partial charge in [0.25, 0.3) is 0 Å². The zero-order chi connectivity index (χ0) is 21.8. The third-order valence-electron chi connectivity index (χ3n) is 4.38. The lowest BCUT2D eigenvalue weighted by Gasteiger charge is -2.16. The zero-order valence-electron chi connectivity index (χ0n) is 17.7. The van der Waals surface area contributed by atoms with E-state index >= 15 is 0 Å². The number of allylic oxidation sites excluding steroid dienone is 3. The number of hydrogen-bond acceptors (Lipinski definition) is 5. The summed E-state index contributed by atoms with van der Waals surface area (Å²) in [5.74, 6) is -0.0680. The van der Waals surface area contributed by atoms with Gasteiger partial charge in [0, 0.05) is 32.0 Å². The van der Waals surface area contributed by atoms with E-state index in [0.29, 0.717) is 37.3 Å². The summed E-state index contributed by atoms with van der Waals surface area (Å²) in [5, 5.41) is 2.61. The molecule has 1 fully saturated rings. The number of likely N-dealkylation sites (tertiary alicyclic amines) is 1. The maximum atomic E-state index is 13.1. The van der Waals surface area contributed by atoms with E-state index in [9.17, 15) is 14.0 Å². The van der Waals surface area contributed by atoms with Gasteiger partial charge in [0.05, 0.1) is 19.8 Å². The predicted molar refractivity (Wildman–Crippen MR) is 109 cm³/mol. The van der Waals surface area contributed by atoms with Crippen molar-refractivity contribution in [2.45, 2.75) is 39.7 Å². The highest BCUT2D eigenvalue weighted by molar-refractivity contribution is 5.76. The smallest absolute Gasteiger partial charge is 0.407 e. The molecule has 0 aromatic heterocycles. The first-order valence-electron chi connectivity index (χ1n) is 9.92. The summed E-state index contributed by atoms with van der Waals surface area (Å²) in [6.45, 7) is 14.9. The molecule has 1 aliphatic heterocycles. The van der Waals surface area contributed by atoms with Crippen LogP contribution in [0.3, 0.4) is 0 Å². The standard InChI is InChI=1S/C21H33FN2O5/c1-6-20(25)24-9-7-18(14-24)29-21(26)23-8-10-27-11-12-28-19(13-16(4)22)17(5)15(2)3/h13,15,18H,4-12,14H2,1-3H3,(H,23,26)/b19-13+. The summed E-state index contributed by atoms with van der Waals surface area (Å²) in [7, 11) is 0. The van der Waals surface area contributed by atoms with Gasteiger partial charge in [-0.2, -0.15) is 0 Å². The summed E-state index contributed by atoms with van der Waals surface area (Å²) in [6, 6.07) is 0. The fourth-order valence-electron chi connectivity index (χ4n) is 2.66. The molecule has 29 heavy (non-hydrogen) atoms. The Hall–Kier alpha value is -2.35. The normalized spacial score (nSPS) is 16.7. The van der Waals surface area contributed by atoms with Gasteiger partial charge in [0.15, 0.2) is 0 Å². The van der Waals surface area contributed by atoms with Gasteiger partial charge in [-0.25, -0.2) is 9.18 Å². The second kappa shape index (κ2) is 13.0. The van der Waals surface area contributed by atoms with Crippen molar-refractivity contribution in [2.24, 2.45) is 5.92 Å². The average molecular weight is 413 g/mol. The Bertz CT molecular complexity index is 618. The highest BCUT2D eigenvalue weighted by Crippen LogP contribution is 2.20. The van der Waals surface area contributed by atoms with Crippen molar-refractivity contribution < 1.29 is 28.2 Å². The van der Waals surface area contributed by atoms with E-state index in [4.69, 9.17) is 14.2 Å². The Morgan fingerprint density at radius 3 is 2.62 bits per heavy atom. The van der Waals surface area contributed by atoms with E-state index in [0.717, 1.165) is 0 Å². The molecule has 0 aromatic rings. The Labute approximate surface area is 172 Å². The third kappa shape index (κ3) is 9.60. The van der Waals surface area contributed by atoms with Gasteiger partial charge in [-0.1, -0.05) is 33.9 Å². The number of nitrogens with zero attached hydrogens (tertiary/aromatic N) is 1. The topological polar surface area (TPSA) is 77.1 Å². The molecule has 0 saturated carbocycles. The number of halogens is 1. The van der Waals surface area contributed by atoms with Crippen LogP contribution in [-0.2, 0) is 19.0 Å². The van der Waals surface area contributed by atoms with Gasteiger partial charge in [-0.15, -0.1) is 0 Å². The number of nitrogens with one attached hydrogen (secondary N) is 1. The van der Waals surface area contributed by atoms with E-state index in [1.807, 2.05) is 20.8 Å². The highest BCUT2D eigenvalue weighted by Gasteiger charge is 2.27. The molecule has 0 radical (unpaired) electrons. The molecule has 1 unspecified atom stereocenters. The molecule has 1 saturated heterocycles. The molecule has 0 aliphatic carbocycles. The van der Waals surface area contributed by atoms with Crippen molar-refractivity contribution >= 4 is 12.0 Å². The zero-order valence-corrected chi connectivity index (χ0v) is 17.7. The average Bonchev–Trinajstić information content (AvgIpc) is 3.12. The quantitative estimate of drug-likeness (QED) is 0.302. The van der Waals surface area contributed by atoms with Gasteiger partial charge in [0.2, 0.25) is 5.91 Å². The molecule has 2 amide bonds. The molecule has 1 heterocycles. The van der Waals surface area contributed by atoms with Crippen LogP contribution >= 0.6 is 0 Å². The molecule has 1 aliphatic rings. The van der Waals surface area contributed by atoms with Crippen LogP contribution in [0.15, 0.2) is 36.4 Å². The van der Waals surface area contributed by atoms with Crippen LogP contribution in [0.25, 0.3) is 0 Å². The van der Waals surface area contributed by atoms with E-state index in [-0.39, 0.29) is 44.3 Å². The predicted octanol–water partition coefficient (Wildman–Crippen LogP) is 3.34. The summed E-state index contributed by atoms with van der Waals surface area (Å²) >= 11 is 0. The molecule has 1 atom stereocenters. The number of amides is 2. The van der Waals surface area contributed by atoms with Crippen LogP contribution in [0.1, 0.15) is 33.6 Å². The minimum absolute atomic E-state index is 0.0675. The van der Waals surface area contributed by atoms with Crippen molar-refractivity contribution in [2.75, 3.05) is 39.5 Å². The van der Waals surface area contributed by atoms with E-state index < -0.39 is 11.9 Å². The number of ether oxygens (including phenoxy) is 3. The summed E-state index contributed by atoms with van der Waals surface area (Å²) in [6.07, 6.45) is 1.50. The maximum absolute atomic E-state index is 13.1. The lowest BCUT2D eigenvalue weighted by atomic mass is 10.0. The van der Waals surface area contributed by atoms with Gasteiger partial charge >= 0.3 is 6.09 Å². The summed E-state index contributed by atoms with van der Waals surface area (Å²) < 4.78 is 29.3. The van der Waals surface area contributed by atoms with Crippen LogP contribution in [0.4, 0.5) is 9.18 Å². The number of carbonyl (C=O) groups is 2. The molecule has 0 spiro atoms. The monoisotopic (exact) mass is 412 g/mol. The Morgan fingerprint density at radius 1 is 1.28 bits per heavy atom. The maximum Gasteiger partial charge on any atom is 0.407 e. The molecule has 0 bridgehead atoms. The van der Waals surface area contributed by atoms with Gasteiger partial charge in [-0.3, -0.25) is 4.79 Å². The first-order valence-corrected chi connectivity index (χ1v) is 9.92. The van der Waals surface area contributed by atoms with Crippen LogP contribution in [0, 0.1) is 5.92 Å². The first kappa shape index (κ1) is 24.7. The van der Waals surface area contributed by atoms with Crippen LogP contribution in [-0.4, -0.2) is 62.5 Å². The summed E-state index contributed by atoms with van der Waals surface area (Å²) in [5.41, 5.74) is 0.680. The van der Waals surface area contributed by atoms with Crippen molar-refractivity contribution in [3.63, 3.8) is 0 Å². The largest absolute Gasteiger partial charge is 0.491 e. The minimum Gasteiger partial charge on any atom is -0.491 e. The Balaban J connectivity index is 2.16. The van der Waals surface area contributed by atoms with E-state index in [1.54, 1.807) is 4.90 Å². The van der Waals surface area contributed by atoms with Crippen LogP contribution in [0.2, 0.25) is 0 Å². The molecule has 164 valence electrons. The fraction of sp³-hybridized carbons (Fsp3) is 0.619. The third-order valence-corrected chi connectivity index (χ3v) is 4.38. The number of alkyl carbamates (subject to hydrolysis) is 1. The van der Waals surface area contributed by atoms with Gasteiger partial charge in [-0.05, 0) is 11.5 Å². The Morgan fingerprint density at radius 2 is 2.00 bits per heavy atom. The number of carbonyl (C=O) groups excluding carboxylic acids is 2. The summed E-state index contributed by atoms with van der Waals surface area (Å²) in [4.78, 5) is 25.1. The highest BCUT2D eigenvalue weighted by atomic mass is 19.1. The molecular formula is C21H33FN2O5.